The van der Waals surface area contributed by atoms with E-state index in [1.807, 2.05) is 0 Å². The number of halogens is 3. The standard InChI is InChI=1S/C12H14F3NO2S/c13-12(14,15)9-4-1-2-5-10(9)16-11(18)8-19-7-3-6-17/h1-2,4-5,17H,3,6-8H2,(H,16,18). The van der Waals surface area contributed by atoms with E-state index < -0.39 is 17.6 Å². The molecule has 2 N–H and O–H groups in total. The molecule has 3 nitrogen and oxygen atoms in total. The molecule has 0 saturated carbocycles. The summed E-state index contributed by atoms with van der Waals surface area (Å²) >= 11 is 1.27. The van der Waals surface area contributed by atoms with Gasteiger partial charge in [-0.25, -0.2) is 0 Å². The number of aliphatic hydroxyl groups is 1. The van der Waals surface area contributed by atoms with Gasteiger partial charge in [0.25, 0.3) is 0 Å². The maximum atomic E-state index is 12.7. The van der Waals surface area contributed by atoms with E-state index in [0.717, 1.165) is 6.07 Å². The molecule has 1 rings (SSSR count). The summed E-state index contributed by atoms with van der Waals surface area (Å²) in [6, 6.07) is 4.85. The van der Waals surface area contributed by atoms with Gasteiger partial charge in [-0.15, -0.1) is 0 Å². The number of rotatable bonds is 6. The Kier molecular flexibility index (Phi) is 6.17. The highest BCUT2D eigenvalue weighted by molar-refractivity contribution is 7.99. The lowest BCUT2D eigenvalue weighted by Crippen LogP contribution is -2.18. The number of hydrogen-bond acceptors (Lipinski definition) is 3. The van der Waals surface area contributed by atoms with E-state index >= 15 is 0 Å². The Bertz CT molecular complexity index is 424. The minimum atomic E-state index is -4.49. The molecule has 0 aromatic heterocycles. The summed E-state index contributed by atoms with van der Waals surface area (Å²) in [7, 11) is 0. The molecule has 19 heavy (non-hydrogen) atoms. The molecule has 1 amide bonds. The Morgan fingerprint density at radius 3 is 2.63 bits per heavy atom. The van der Waals surface area contributed by atoms with Gasteiger partial charge in [0, 0.05) is 6.61 Å². The van der Waals surface area contributed by atoms with Crippen molar-refractivity contribution in [2.75, 3.05) is 23.4 Å². The Morgan fingerprint density at radius 1 is 1.32 bits per heavy atom. The van der Waals surface area contributed by atoms with Crippen LogP contribution < -0.4 is 5.32 Å². The van der Waals surface area contributed by atoms with Crippen LogP contribution in [-0.4, -0.2) is 29.1 Å². The first-order valence-corrected chi connectivity index (χ1v) is 6.75. The highest BCUT2D eigenvalue weighted by Gasteiger charge is 2.33. The van der Waals surface area contributed by atoms with Gasteiger partial charge in [-0.05, 0) is 24.3 Å². The van der Waals surface area contributed by atoms with Gasteiger partial charge < -0.3 is 10.4 Å². The minimum Gasteiger partial charge on any atom is -0.396 e. The van der Waals surface area contributed by atoms with E-state index in [2.05, 4.69) is 5.32 Å². The third-order valence-electron chi connectivity index (χ3n) is 2.19. The number of alkyl halides is 3. The number of para-hydroxylation sites is 1. The van der Waals surface area contributed by atoms with Crippen molar-refractivity contribution in [2.24, 2.45) is 0 Å². The molecule has 0 radical (unpaired) electrons. The highest BCUT2D eigenvalue weighted by Crippen LogP contribution is 2.34. The summed E-state index contributed by atoms with van der Waals surface area (Å²) in [5, 5.41) is 10.8. The maximum absolute atomic E-state index is 12.7. The number of anilines is 1. The van der Waals surface area contributed by atoms with Crippen molar-refractivity contribution in [3.8, 4) is 0 Å². The number of carbonyl (C=O) groups is 1. The quantitative estimate of drug-likeness (QED) is 0.793. The van der Waals surface area contributed by atoms with Gasteiger partial charge in [0.1, 0.15) is 0 Å². The van der Waals surface area contributed by atoms with Gasteiger partial charge in [-0.2, -0.15) is 24.9 Å². The summed E-state index contributed by atoms with van der Waals surface area (Å²) in [6.07, 6.45) is -3.94. The third kappa shape index (κ3) is 5.52. The fourth-order valence-electron chi connectivity index (χ4n) is 1.36. The van der Waals surface area contributed by atoms with Crippen LogP contribution in [-0.2, 0) is 11.0 Å². The summed E-state index contributed by atoms with van der Waals surface area (Å²) in [5.74, 6) is 0.163. The second-order valence-electron chi connectivity index (χ2n) is 3.72. The molecule has 106 valence electrons. The van der Waals surface area contributed by atoms with Crippen molar-refractivity contribution in [3.05, 3.63) is 29.8 Å². The molecule has 0 saturated heterocycles. The largest absolute Gasteiger partial charge is 0.418 e. The average Bonchev–Trinajstić information content (AvgIpc) is 2.34. The second-order valence-corrected chi connectivity index (χ2v) is 4.83. The van der Waals surface area contributed by atoms with Crippen LogP contribution >= 0.6 is 11.8 Å². The molecule has 0 aliphatic heterocycles. The summed E-state index contributed by atoms with van der Waals surface area (Å²) in [6.45, 7) is 0.0333. The van der Waals surface area contributed by atoms with Crippen molar-refractivity contribution >= 4 is 23.4 Å². The van der Waals surface area contributed by atoms with Crippen molar-refractivity contribution < 1.29 is 23.1 Å². The van der Waals surface area contributed by atoms with E-state index in [-0.39, 0.29) is 18.0 Å². The molecule has 1 aromatic carbocycles. The maximum Gasteiger partial charge on any atom is 0.418 e. The first-order chi connectivity index (χ1) is 8.95. The Labute approximate surface area is 113 Å². The van der Waals surface area contributed by atoms with Gasteiger partial charge in [0.05, 0.1) is 17.0 Å². The van der Waals surface area contributed by atoms with Crippen LogP contribution in [0.1, 0.15) is 12.0 Å². The van der Waals surface area contributed by atoms with Crippen molar-refractivity contribution in [2.45, 2.75) is 12.6 Å². The normalized spacial score (nSPS) is 11.4. The van der Waals surface area contributed by atoms with Crippen LogP contribution in [0.4, 0.5) is 18.9 Å². The molecule has 0 fully saturated rings. The zero-order chi connectivity index (χ0) is 14.3. The van der Waals surface area contributed by atoms with E-state index in [4.69, 9.17) is 5.11 Å². The fraction of sp³-hybridized carbons (Fsp3) is 0.417. The average molecular weight is 293 g/mol. The monoisotopic (exact) mass is 293 g/mol. The molecule has 0 heterocycles. The molecule has 7 heteroatoms. The van der Waals surface area contributed by atoms with E-state index in [1.165, 1.54) is 30.0 Å². The molecule has 0 spiro atoms. The molecule has 0 atom stereocenters. The Morgan fingerprint density at radius 2 is 2.00 bits per heavy atom. The van der Waals surface area contributed by atoms with Crippen LogP contribution in [0.25, 0.3) is 0 Å². The SMILES string of the molecule is O=C(CSCCCO)Nc1ccccc1C(F)(F)F. The second kappa shape index (κ2) is 7.40. The lowest BCUT2D eigenvalue weighted by atomic mass is 10.1. The zero-order valence-corrected chi connectivity index (χ0v) is 10.9. The van der Waals surface area contributed by atoms with E-state index in [0.29, 0.717) is 12.2 Å². The number of thioether (sulfide) groups is 1. The number of hydrogen-bond donors (Lipinski definition) is 2. The predicted molar refractivity (Wildman–Crippen MR) is 69.1 cm³/mol. The third-order valence-corrected chi connectivity index (χ3v) is 3.23. The number of aliphatic hydroxyl groups excluding tert-OH is 1. The van der Waals surface area contributed by atoms with Crippen LogP contribution in [0.3, 0.4) is 0 Å². The van der Waals surface area contributed by atoms with E-state index in [1.54, 1.807) is 0 Å². The molecule has 0 bridgehead atoms. The topological polar surface area (TPSA) is 49.3 Å². The van der Waals surface area contributed by atoms with Gasteiger partial charge >= 0.3 is 6.18 Å². The minimum absolute atomic E-state index is 0.0333. The Hall–Kier alpha value is -1.21. The van der Waals surface area contributed by atoms with Gasteiger partial charge in [-0.3, -0.25) is 4.79 Å². The fourth-order valence-corrected chi connectivity index (χ4v) is 2.09. The van der Waals surface area contributed by atoms with Crippen molar-refractivity contribution in [1.82, 2.24) is 0 Å². The summed E-state index contributed by atoms with van der Waals surface area (Å²) in [4.78, 5) is 11.5. The Balaban J connectivity index is 2.59. The summed E-state index contributed by atoms with van der Waals surface area (Å²) < 4.78 is 38.0. The number of carbonyl (C=O) groups excluding carboxylic acids is 1. The zero-order valence-electron chi connectivity index (χ0n) is 10.0. The molecular formula is C12H14F3NO2S. The lowest BCUT2D eigenvalue weighted by molar-refractivity contribution is -0.137. The van der Waals surface area contributed by atoms with Crippen LogP contribution in [0.2, 0.25) is 0 Å². The van der Waals surface area contributed by atoms with Gasteiger partial charge in [0.2, 0.25) is 5.91 Å². The smallest absolute Gasteiger partial charge is 0.396 e. The molecule has 0 aliphatic carbocycles. The molecular weight excluding hydrogens is 279 g/mol. The van der Waals surface area contributed by atoms with Gasteiger partial charge in [-0.1, -0.05) is 12.1 Å². The summed E-state index contributed by atoms with van der Waals surface area (Å²) in [5.41, 5.74) is -1.09. The first kappa shape index (κ1) is 15.8. The van der Waals surface area contributed by atoms with Crippen molar-refractivity contribution in [3.63, 3.8) is 0 Å². The lowest BCUT2D eigenvalue weighted by Gasteiger charge is -2.13. The predicted octanol–water partition coefficient (Wildman–Crippen LogP) is 2.76. The number of amides is 1. The molecule has 0 unspecified atom stereocenters. The molecule has 1 aromatic rings. The number of nitrogens with one attached hydrogen (secondary N) is 1. The van der Waals surface area contributed by atoms with Crippen LogP contribution in [0.5, 0.6) is 0 Å². The highest BCUT2D eigenvalue weighted by atomic mass is 32.2. The van der Waals surface area contributed by atoms with E-state index in [9.17, 15) is 18.0 Å². The van der Waals surface area contributed by atoms with Crippen LogP contribution in [0.15, 0.2) is 24.3 Å². The van der Waals surface area contributed by atoms with Crippen LogP contribution in [0, 0.1) is 0 Å². The first-order valence-electron chi connectivity index (χ1n) is 5.60. The number of benzene rings is 1. The van der Waals surface area contributed by atoms with Gasteiger partial charge in [0.15, 0.2) is 0 Å². The van der Waals surface area contributed by atoms with Crippen molar-refractivity contribution in [1.29, 1.82) is 0 Å². The molecule has 0 aliphatic rings.